The lowest BCUT2D eigenvalue weighted by molar-refractivity contribution is -0.146. The minimum atomic E-state index is -0.991. The number of phenols is 1. The molecule has 0 saturated carbocycles. The molecular formula is C32H31I4N3O9. The number of amides is 3. The first-order valence-corrected chi connectivity index (χ1v) is 18.8. The number of benzene rings is 3. The topological polar surface area (TPSA) is 144 Å². The summed E-state index contributed by atoms with van der Waals surface area (Å²) in [5, 5.41) is 12.7. The molecule has 16 heteroatoms. The summed E-state index contributed by atoms with van der Waals surface area (Å²) in [6, 6.07) is 15.6. The maximum atomic E-state index is 12.7. The van der Waals surface area contributed by atoms with Gasteiger partial charge in [0, 0.05) is 32.6 Å². The summed E-state index contributed by atoms with van der Waals surface area (Å²) in [4.78, 5) is 53.5. The maximum Gasteiger partial charge on any atom is 0.410 e. The lowest BCUT2D eigenvalue weighted by atomic mass is 10.1. The molecule has 0 radical (unpaired) electrons. The average Bonchev–Trinajstić information content (AvgIpc) is 3.07. The monoisotopic (exact) mass is 1110 g/mol. The van der Waals surface area contributed by atoms with Crippen molar-refractivity contribution in [1.29, 1.82) is 0 Å². The van der Waals surface area contributed by atoms with Crippen LogP contribution in [-0.4, -0.2) is 91.3 Å². The molecule has 4 rings (SSSR count). The number of ether oxygens (including phenoxy) is 4. The molecule has 3 aromatic carbocycles. The van der Waals surface area contributed by atoms with Gasteiger partial charge in [-0.2, -0.15) is 0 Å². The number of rotatable bonds is 12. The largest absolute Gasteiger partial charge is 0.506 e. The van der Waals surface area contributed by atoms with E-state index in [1.165, 1.54) is 7.11 Å². The molecule has 2 N–H and O–H groups in total. The van der Waals surface area contributed by atoms with Crippen LogP contribution in [0.3, 0.4) is 0 Å². The van der Waals surface area contributed by atoms with E-state index in [0.29, 0.717) is 44.8 Å². The zero-order chi connectivity index (χ0) is 34.8. The molecular weight excluding hydrogens is 1080 g/mol. The highest BCUT2D eigenvalue weighted by molar-refractivity contribution is 14.1. The average molecular weight is 1110 g/mol. The highest BCUT2D eigenvalue weighted by Crippen LogP contribution is 2.37. The lowest BCUT2D eigenvalue weighted by Crippen LogP contribution is -2.51. The van der Waals surface area contributed by atoms with Crippen LogP contribution in [0, 0.1) is 14.3 Å². The zero-order valence-corrected chi connectivity index (χ0v) is 34.2. The summed E-state index contributed by atoms with van der Waals surface area (Å²) < 4.78 is 24.7. The van der Waals surface area contributed by atoms with Crippen LogP contribution in [0.2, 0.25) is 0 Å². The number of phenolic OH excluding ortho intramolecular Hbond substituents is 1. The van der Waals surface area contributed by atoms with Gasteiger partial charge in [-0.1, -0.05) is 30.3 Å². The quantitative estimate of drug-likeness (QED) is 0.183. The molecule has 1 unspecified atom stereocenters. The first-order valence-electron chi connectivity index (χ1n) is 14.5. The summed E-state index contributed by atoms with van der Waals surface area (Å²) in [7, 11) is 1.24. The fraction of sp³-hybridized carbons (Fsp3) is 0.312. The molecule has 0 aliphatic carbocycles. The van der Waals surface area contributed by atoms with E-state index in [0.717, 1.165) is 18.3 Å². The van der Waals surface area contributed by atoms with Crippen molar-refractivity contribution in [2.75, 3.05) is 46.5 Å². The summed E-state index contributed by atoms with van der Waals surface area (Å²) in [5.74, 6) is -0.121. The smallest absolute Gasteiger partial charge is 0.410 e. The minimum Gasteiger partial charge on any atom is -0.506 e. The van der Waals surface area contributed by atoms with Crippen LogP contribution in [-0.2, 0) is 41.6 Å². The Morgan fingerprint density at radius 3 is 2.04 bits per heavy atom. The fourth-order valence-corrected chi connectivity index (χ4v) is 8.45. The minimum absolute atomic E-state index is 0.149. The van der Waals surface area contributed by atoms with Gasteiger partial charge in [0.2, 0.25) is 11.8 Å². The molecule has 0 aromatic heterocycles. The van der Waals surface area contributed by atoms with Gasteiger partial charge in [-0.05, 0) is 126 Å². The van der Waals surface area contributed by atoms with E-state index in [1.807, 2.05) is 87.6 Å². The number of carbonyl (C=O) groups is 4. The van der Waals surface area contributed by atoms with Gasteiger partial charge in [-0.3, -0.25) is 9.59 Å². The van der Waals surface area contributed by atoms with Crippen molar-refractivity contribution in [2.24, 2.45) is 0 Å². The second kappa shape index (κ2) is 18.7. The standard InChI is InChI=1S/C32H31I4N3O9/c1-45-31(43)26(13-20-11-24(35)30(25(36)12-20)48-21-14-22(33)29(42)23(34)15-21)37-27(40)17-46-18-28(41)38-7-9-39(10-8-38)32(44)47-16-19-5-3-2-4-6-19/h2-6,11-12,14-15,26,42H,7-10,13,16-18H2,1H3,(H,37,40). The van der Waals surface area contributed by atoms with Gasteiger partial charge in [0.05, 0.1) is 21.4 Å². The zero-order valence-electron chi connectivity index (χ0n) is 25.5. The molecule has 12 nitrogen and oxygen atoms in total. The Morgan fingerprint density at radius 2 is 1.44 bits per heavy atom. The second-order valence-corrected chi connectivity index (χ2v) is 15.1. The van der Waals surface area contributed by atoms with E-state index >= 15 is 0 Å². The van der Waals surface area contributed by atoms with Crippen LogP contribution in [0.25, 0.3) is 0 Å². The molecule has 1 aliphatic rings. The molecule has 3 amide bonds. The molecule has 48 heavy (non-hydrogen) atoms. The predicted molar refractivity (Wildman–Crippen MR) is 209 cm³/mol. The van der Waals surface area contributed by atoms with Crippen molar-refractivity contribution < 1.29 is 43.2 Å². The van der Waals surface area contributed by atoms with Crippen molar-refractivity contribution in [3.8, 4) is 17.2 Å². The Morgan fingerprint density at radius 1 is 0.833 bits per heavy atom. The van der Waals surface area contributed by atoms with Crippen molar-refractivity contribution in [2.45, 2.75) is 19.1 Å². The third-order valence-electron chi connectivity index (χ3n) is 7.08. The predicted octanol–water partition coefficient (Wildman–Crippen LogP) is 5.30. The van der Waals surface area contributed by atoms with E-state index in [-0.39, 0.29) is 31.3 Å². The van der Waals surface area contributed by atoms with E-state index in [1.54, 1.807) is 21.9 Å². The van der Waals surface area contributed by atoms with Crippen LogP contribution < -0.4 is 10.1 Å². The molecule has 3 aromatic rings. The van der Waals surface area contributed by atoms with E-state index in [9.17, 15) is 24.3 Å². The summed E-state index contributed by atoms with van der Waals surface area (Å²) in [6.45, 7) is 0.681. The molecule has 0 spiro atoms. The Kier molecular flexibility index (Phi) is 15.1. The van der Waals surface area contributed by atoms with Gasteiger partial charge in [0.15, 0.2) is 5.75 Å². The Labute approximate surface area is 332 Å². The van der Waals surface area contributed by atoms with Gasteiger partial charge in [-0.25, -0.2) is 9.59 Å². The molecule has 1 heterocycles. The number of carbonyl (C=O) groups excluding carboxylic acids is 4. The van der Waals surface area contributed by atoms with Crippen LogP contribution in [0.4, 0.5) is 4.79 Å². The molecule has 1 saturated heterocycles. The summed E-state index contributed by atoms with van der Waals surface area (Å²) in [5.41, 5.74) is 1.65. The van der Waals surface area contributed by atoms with Gasteiger partial charge in [0.25, 0.3) is 0 Å². The Hall–Kier alpha value is -2.18. The third-order valence-corrected chi connectivity index (χ3v) is 10.3. The molecule has 256 valence electrons. The second-order valence-electron chi connectivity index (χ2n) is 10.5. The SMILES string of the molecule is COC(=O)C(Cc1cc(I)c(Oc2cc(I)c(O)c(I)c2)c(I)c1)NC(=O)COCC(=O)N1CCN(C(=O)OCc2ccccc2)CC1. The van der Waals surface area contributed by atoms with E-state index in [2.05, 4.69) is 50.5 Å². The van der Waals surface area contributed by atoms with E-state index < -0.39 is 30.6 Å². The Balaban J connectivity index is 1.23. The van der Waals surface area contributed by atoms with Gasteiger partial charge < -0.3 is 39.2 Å². The van der Waals surface area contributed by atoms with Crippen LogP contribution in [0.1, 0.15) is 11.1 Å². The first kappa shape index (κ1) is 38.6. The fourth-order valence-electron chi connectivity index (χ4n) is 4.63. The summed E-state index contributed by atoms with van der Waals surface area (Å²) in [6.07, 6.45) is -0.289. The number of esters is 1. The molecule has 1 fully saturated rings. The molecule has 1 aliphatic heterocycles. The number of hydrogen-bond acceptors (Lipinski definition) is 9. The highest BCUT2D eigenvalue weighted by atomic mass is 127. The first-order chi connectivity index (χ1) is 22.9. The van der Waals surface area contributed by atoms with Crippen LogP contribution in [0.5, 0.6) is 17.2 Å². The van der Waals surface area contributed by atoms with Crippen LogP contribution in [0.15, 0.2) is 54.6 Å². The van der Waals surface area contributed by atoms with Gasteiger partial charge in [-0.15, -0.1) is 0 Å². The van der Waals surface area contributed by atoms with Crippen LogP contribution >= 0.6 is 90.4 Å². The number of nitrogens with one attached hydrogen (secondary N) is 1. The van der Waals surface area contributed by atoms with E-state index in [4.69, 9.17) is 18.9 Å². The van der Waals surface area contributed by atoms with Gasteiger partial charge >= 0.3 is 12.1 Å². The number of methoxy groups -OCH3 is 1. The van der Waals surface area contributed by atoms with Crippen molar-refractivity contribution >= 4 is 114 Å². The Bertz CT molecular complexity index is 1590. The van der Waals surface area contributed by atoms with Crippen molar-refractivity contribution in [3.05, 3.63) is 80.0 Å². The highest BCUT2D eigenvalue weighted by Gasteiger charge is 2.26. The number of piperazine rings is 1. The number of nitrogens with zero attached hydrogens (tertiary/aromatic N) is 2. The van der Waals surface area contributed by atoms with Crippen molar-refractivity contribution in [3.63, 3.8) is 0 Å². The number of halogens is 4. The third kappa shape index (κ3) is 11.2. The normalized spacial score (nSPS) is 13.4. The lowest BCUT2D eigenvalue weighted by Gasteiger charge is -2.34. The maximum absolute atomic E-state index is 12.7. The van der Waals surface area contributed by atoms with Gasteiger partial charge in [0.1, 0.15) is 37.4 Å². The number of aromatic hydroxyl groups is 1. The number of hydrogen-bond donors (Lipinski definition) is 2. The molecule has 0 bridgehead atoms. The van der Waals surface area contributed by atoms with Crippen molar-refractivity contribution in [1.82, 2.24) is 15.1 Å². The molecule has 1 atom stereocenters. The summed E-state index contributed by atoms with van der Waals surface area (Å²) >= 11 is 8.37.